The second-order valence-electron chi connectivity index (χ2n) is 6.91. The van der Waals surface area contributed by atoms with E-state index in [0.29, 0.717) is 29.5 Å². The summed E-state index contributed by atoms with van der Waals surface area (Å²) >= 11 is 0. The van der Waals surface area contributed by atoms with E-state index in [1.165, 1.54) is 23.4 Å². The van der Waals surface area contributed by atoms with Crippen molar-refractivity contribution in [3.05, 3.63) is 95.3 Å². The van der Waals surface area contributed by atoms with Crippen LogP contribution in [0.2, 0.25) is 0 Å². The largest absolute Gasteiger partial charge is 0.368 e. The van der Waals surface area contributed by atoms with Gasteiger partial charge in [-0.3, -0.25) is 19.6 Å². The van der Waals surface area contributed by atoms with Crippen LogP contribution >= 0.6 is 0 Å². The monoisotopic (exact) mass is 390 g/mol. The molecule has 0 spiro atoms. The SMILES string of the molecule is NC(=O)C(c1cccnc1)N(C(=O)c1cccnc1)[C@@H]1CCc2cccc(F)c21. The lowest BCUT2D eigenvalue weighted by molar-refractivity contribution is -0.123. The molecule has 2 heterocycles. The van der Waals surface area contributed by atoms with Crippen molar-refractivity contribution in [1.29, 1.82) is 0 Å². The zero-order valence-corrected chi connectivity index (χ0v) is 15.5. The number of benzene rings is 1. The van der Waals surface area contributed by atoms with E-state index in [-0.39, 0.29) is 0 Å². The van der Waals surface area contributed by atoms with Gasteiger partial charge in [0.25, 0.3) is 5.91 Å². The summed E-state index contributed by atoms with van der Waals surface area (Å²) in [5.41, 5.74) is 7.77. The Balaban J connectivity index is 1.87. The van der Waals surface area contributed by atoms with Gasteiger partial charge in [0.05, 0.1) is 11.6 Å². The van der Waals surface area contributed by atoms with Crippen molar-refractivity contribution < 1.29 is 14.0 Å². The zero-order chi connectivity index (χ0) is 20.4. The lowest BCUT2D eigenvalue weighted by atomic mass is 9.99. The van der Waals surface area contributed by atoms with Crippen LogP contribution < -0.4 is 5.73 Å². The first-order valence-electron chi connectivity index (χ1n) is 9.27. The third kappa shape index (κ3) is 3.47. The fourth-order valence-corrected chi connectivity index (χ4v) is 3.96. The Labute approximate surface area is 167 Å². The van der Waals surface area contributed by atoms with Crippen LogP contribution in [-0.2, 0) is 11.2 Å². The topological polar surface area (TPSA) is 89.2 Å². The molecule has 146 valence electrons. The molecule has 1 aliphatic carbocycles. The quantitative estimate of drug-likeness (QED) is 0.725. The molecule has 0 saturated heterocycles. The van der Waals surface area contributed by atoms with E-state index < -0.39 is 29.7 Å². The van der Waals surface area contributed by atoms with Crippen LogP contribution in [-0.4, -0.2) is 26.7 Å². The summed E-state index contributed by atoms with van der Waals surface area (Å²) in [7, 11) is 0. The second-order valence-corrected chi connectivity index (χ2v) is 6.91. The Hall–Kier alpha value is -3.61. The van der Waals surface area contributed by atoms with Gasteiger partial charge in [0, 0.05) is 35.9 Å². The maximum Gasteiger partial charge on any atom is 0.256 e. The minimum absolute atomic E-state index is 0.299. The summed E-state index contributed by atoms with van der Waals surface area (Å²) in [6.45, 7) is 0. The smallest absolute Gasteiger partial charge is 0.256 e. The van der Waals surface area contributed by atoms with Gasteiger partial charge in [0.15, 0.2) is 0 Å². The minimum Gasteiger partial charge on any atom is -0.368 e. The number of nitrogens with zero attached hydrogens (tertiary/aromatic N) is 3. The summed E-state index contributed by atoms with van der Waals surface area (Å²) in [5.74, 6) is -1.55. The van der Waals surface area contributed by atoms with Crippen molar-refractivity contribution >= 4 is 11.8 Å². The van der Waals surface area contributed by atoms with Crippen LogP contribution in [0.3, 0.4) is 0 Å². The van der Waals surface area contributed by atoms with E-state index in [1.807, 2.05) is 6.07 Å². The molecule has 0 fully saturated rings. The molecule has 0 bridgehead atoms. The van der Waals surface area contributed by atoms with Gasteiger partial charge >= 0.3 is 0 Å². The highest BCUT2D eigenvalue weighted by Gasteiger charge is 2.40. The first-order chi connectivity index (χ1) is 14.1. The van der Waals surface area contributed by atoms with Gasteiger partial charge in [-0.15, -0.1) is 0 Å². The molecule has 1 aliphatic rings. The number of aromatic nitrogens is 2. The van der Waals surface area contributed by atoms with Crippen molar-refractivity contribution in [2.45, 2.75) is 24.9 Å². The highest BCUT2D eigenvalue weighted by molar-refractivity contribution is 5.97. The number of carbonyl (C=O) groups excluding carboxylic acids is 2. The number of primary amides is 1. The average molecular weight is 390 g/mol. The van der Waals surface area contributed by atoms with Crippen molar-refractivity contribution in [3.63, 3.8) is 0 Å². The minimum atomic E-state index is -1.09. The maximum atomic E-state index is 14.8. The third-order valence-electron chi connectivity index (χ3n) is 5.19. The van der Waals surface area contributed by atoms with Crippen LogP contribution in [0.5, 0.6) is 0 Å². The molecule has 29 heavy (non-hydrogen) atoms. The number of carbonyl (C=O) groups is 2. The van der Waals surface area contributed by atoms with Crippen LogP contribution in [0.1, 0.15) is 45.6 Å². The van der Waals surface area contributed by atoms with Crippen LogP contribution in [0.25, 0.3) is 0 Å². The van der Waals surface area contributed by atoms with Crippen molar-refractivity contribution in [2.24, 2.45) is 5.73 Å². The number of nitrogens with two attached hydrogens (primary N) is 1. The van der Waals surface area contributed by atoms with Gasteiger partial charge in [-0.2, -0.15) is 0 Å². The summed E-state index contributed by atoms with van der Waals surface area (Å²) in [6.07, 6.45) is 7.14. The Morgan fingerprint density at radius 3 is 2.48 bits per heavy atom. The summed E-state index contributed by atoms with van der Waals surface area (Å²) in [5, 5.41) is 0. The highest BCUT2D eigenvalue weighted by atomic mass is 19.1. The standard InChI is InChI=1S/C22H19FN4O2/c23-17-7-1-4-14-8-9-18(19(14)17)27(22(29)16-6-3-11-26-13-16)20(21(24)28)15-5-2-10-25-12-15/h1-7,10-13,18,20H,8-9H2,(H2,24,28)/t18-,20?/m1/s1. The number of hydrogen-bond donors (Lipinski definition) is 1. The molecule has 3 aromatic rings. The molecule has 0 aliphatic heterocycles. The number of amides is 2. The van der Waals surface area contributed by atoms with E-state index in [0.717, 1.165) is 5.56 Å². The Kier molecular flexibility index (Phi) is 5.03. The fourth-order valence-electron chi connectivity index (χ4n) is 3.96. The average Bonchev–Trinajstić information content (AvgIpc) is 3.17. The number of halogens is 1. The molecule has 0 saturated carbocycles. The summed E-state index contributed by atoms with van der Waals surface area (Å²) in [6, 6.07) is 9.74. The molecular formula is C22H19FN4O2. The predicted octanol–water partition coefficient (Wildman–Crippen LogP) is 2.97. The number of rotatable bonds is 5. The van der Waals surface area contributed by atoms with E-state index in [4.69, 9.17) is 5.73 Å². The third-order valence-corrected chi connectivity index (χ3v) is 5.19. The molecule has 2 amide bonds. The van der Waals surface area contributed by atoms with E-state index in [1.54, 1.807) is 42.7 Å². The Morgan fingerprint density at radius 2 is 1.83 bits per heavy atom. The number of pyridine rings is 2. The van der Waals surface area contributed by atoms with Gasteiger partial charge in [-0.05, 0) is 42.7 Å². The lowest BCUT2D eigenvalue weighted by Gasteiger charge is -2.35. The van der Waals surface area contributed by atoms with Crippen LogP contribution in [0.15, 0.2) is 67.3 Å². The molecule has 2 atom stereocenters. The maximum absolute atomic E-state index is 14.8. The molecule has 2 aromatic heterocycles. The fraction of sp³-hybridized carbons (Fsp3) is 0.182. The molecule has 2 N–H and O–H groups in total. The number of hydrogen-bond acceptors (Lipinski definition) is 4. The summed E-state index contributed by atoms with van der Waals surface area (Å²) in [4.78, 5) is 35.5. The normalized spacial score (nSPS) is 16.1. The Bertz CT molecular complexity index is 1040. The van der Waals surface area contributed by atoms with Crippen molar-refractivity contribution in [1.82, 2.24) is 14.9 Å². The van der Waals surface area contributed by atoms with Crippen molar-refractivity contribution in [3.8, 4) is 0 Å². The molecule has 0 radical (unpaired) electrons. The van der Waals surface area contributed by atoms with Gasteiger partial charge in [0.1, 0.15) is 11.9 Å². The second kappa shape index (κ2) is 7.79. The highest BCUT2D eigenvalue weighted by Crippen LogP contribution is 2.42. The van der Waals surface area contributed by atoms with Gasteiger partial charge < -0.3 is 10.6 Å². The predicted molar refractivity (Wildman–Crippen MR) is 104 cm³/mol. The first-order valence-corrected chi connectivity index (χ1v) is 9.27. The van der Waals surface area contributed by atoms with Crippen LogP contribution in [0.4, 0.5) is 4.39 Å². The Morgan fingerprint density at radius 1 is 1.07 bits per heavy atom. The van der Waals surface area contributed by atoms with E-state index in [2.05, 4.69) is 9.97 Å². The molecule has 1 unspecified atom stereocenters. The molecular weight excluding hydrogens is 371 g/mol. The van der Waals surface area contributed by atoms with Gasteiger partial charge in [-0.25, -0.2) is 4.39 Å². The number of aryl methyl sites for hydroxylation is 1. The number of fused-ring (bicyclic) bond motifs is 1. The summed E-state index contributed by atoms with van der Waals surface area (Å²) < 4.78 is 14.8. The molecule has 6 nitrogen and oxygen atoms in total. The van der Waals surface area contributed by atoms with Gasteiger partial charge in [0.2, 0.25) is 5.91 Å². The van der Waals surface area contributed by atoms with E-state index >= 15 is 0 Å². The van der Waals surface area contributed by atoms with E-state index in [9.17, 15) is 14.0 Å². The molecule has 1 aromatic carbocycles. The molecule has 4 rings (SSSR count). The van der Waals surface area contributed by atoms with Crippen LogP contribution in [0, 0.1) is 5.82 Å². The zero-order valence-electron chi connectivity index (χ0n) is 15.5. The first kappa shape index (κ1) is 18.7. The van der Waals surface area contributed by atoms with Crippen molar-refractivity contribution in [2.75, 3.05) is 0 Å². The molecule has 7 heteroatoms. The van der Waals surface area contributed by atoms with Gasteiger partial charge in [-0.1, -0.05) is 18.2 Å². The lowest BCUT2D eigenvalue weighted by Crippen LogP contribution is -2.43.